The molecule has 1 fully saturated rings. The Morgan fingerprint density at radius 3 is 2.57 bits per heavy atom. The second-order valence-corrected chi connectivity index (χ2v) is 4.08. The van der Waals surface area contributed by atoms with Crippen LogP contribution in [0.2, 0.25) is 0 Å². The van der Waals surface area contributed by atoms with Crippen LogP contribution in [0, 0.1) is 0 Å². The van der Waals surface area contributed by atoms with Crippen molar-refractivity contribution >= 4 is 5.91 Å². The number of carbonyl (C=O) groups excluding carboxylic acids is 1. The third-order valence-electron chi connectivity index (χ3n) is 2.96. The predicted octanol–water partition coefficient (Wildman–Crippen LogP) is 0.871. The molecular weight excluding hydrogens is 176 g/mol. The summed E-state index contributed by atoms with van der Waals surface area (Å²) < 4.78 is 0. The van der Waals surface area contributed by atoms with Gasteiger partial charge in [0.25, 0.3) is 0 Å². The number of carbonyl (C=O) groups is 1. The van der Waals surface area contributed by atoms with Gasteiger partial charge < -0.3 is 4.90 Å². The van der Waals surface area contributed by atoms with Crippen LogP contribution in [0.4, 0.5) is 0 Å². The summed E-state index contributed by atoms with van der Waals surface area (Å²) in [5, 5.41) is 0. The van der Waals surface area contributed by atoms with Crippen molar-refractivity contribution in [3.8, 4) is 0 Å². The Kier molecular flexibility index (Phi) is 3.19. The van der Waals surface area contributed by atoms with Crippen LogP contribution in [0.1, 0.15) is 19.3 Å². The fourth-order valence-corrected chi connectivity index (χ4v) is 2.09. The lowest BCUT2D eigenvalue weighted by molar-refractivity contribution is -0.131. The van der Waals surface area contributed by atoms with E-state index in [1.54, 1.807) is 0 Å². The molecule has 0 atom stereocenters. The van der Waals surface area contributed by atoms with E-state index in [0.717, 1.165) is 32.6 Å². The van der Waals surface area contributed by atoms with Crippen LogP contribution in [0.3, 0.4) is 0 Å². The lowest BCUT2D eigenvalue weighted by atomic mass is 10.2. The molecule has 0 aromatic carbocycles. The first kappa shape index (κ1) is 9.71. The first-order chi connectivity index (χ1) is 6.86. The van der Waals surface area contributed by atoms with Crippen molar-refractivity contribution < 1.29 is 4.79 Å². The van der Waals surface area contributed by atoms with Crippen LogP contribution in [0.15, 0.2) is 12.2 Å². The predicted molar refractivity (Wildman–Crippen MR) is 56.0 cm³/mol. The maximum Gasteiger partial charge on any atom is 0.236 e. The number of amides is 1. The molecule has 0 bridgehead atoms. The molecule has 0 unspecified atom stereocenters. The van der Waals surface area contributed by atoms with Crippen LogP contribution >= 0.6 is 0 Å². The second-order valence-electron chi connectivity index (χ2n) is 4.08. The van der Waals surface area contributed by atoms with E-state index in [1.807, 2.05) is 4.90 Å². The van der Waals surface area contributed by atoms with Crippen LogP contribution in [0.25, 0.3) is 0 Å². The number of likely N-dealkylation sites (tertiary alicyclic amines) is 1. The van der Waals surface area contributed by atoms with Crippen molar-refractivity contribution in [2.75, 3.05) is 32.7 Å². The van der Waals surface area contributed by atoms with E-state index in [0.29, 0.717) is 12.5 Å². The molecule has 1 saturated heterocycles. The molecule has 2 heterocycles. The van der Waals surface area contributed by atoms with E-state index in [9.17, 15) is 4.79 Å². The van der Waals surface area contributed by atoms with Gasteiger partial charge in [-0.2, -0.15) is 0 Å². The minimum absolute atomic E-state index is 0.317. The summed E-state index contributed by atoms with van der Waals surface area (Å²) in [6, 6.07) is 0. The maximum absolute atomic E-state index is 11.8. The molecule has 0 N–H and O–H groups in total. The average Bonchev–Trinajstić information content (AvgIpc) is 2.72. The number of rotatable bonds is 2. The van der Waals surface area contributed by atoms with E-state index in [-0.39, 0.29) is 0 Å². The van der Waals surface area contributed by atoms with Crippen molar-refractivity contribution in [1.29, 1.82) is 0 Å². The highest BCUT2D eigenvalue weighted by molar-refractivity contribution is 5.78. The molecular formula is C11H18N2O. The number of hydrogen-bond acceptors (Lipinski definition) is 2. The Morgan fingerprint density at radius 2 is 1.93 bits per heavy atom. The molecule has 78 valence electrons. The summed E-state index contributed by atoms with van der Waals surface area (Å²) in [4.78, 5) is 16.0. The monoisotopic (exact) mass is 194 g/mol. The Bertz CT molecular complexity index is 231. The zero-order chi connectivity index (χ0) is 9.80. The third-order valence-corrected chi connectivity index (χ3v) is 2.96. The fourth-order valence-electron chi connectivity index (χ4n) is 2.09. The highest BCUT2D eigenvalue weighted by atomic mass is 16.2. The summed E-state index contributed by atoms with van der Waals surface area (Å²) in [6.45, 7) is 4.55. The van der Waals surface area contributed by atoms with Gasteiger partial charge in [-0.25, -0.2) is 0 Å². The molecule has 0 aliphatic carbocycles. The summed E-state index contributed by atoms with van der Waals surface area (Å²) in [5.74, 6) is 0.317. The second kappa shape index (κ2) is 4.60. The van der Waals surface area contributed by atoms with E-state index in [2.05, 4.69) is 17.1 Å². The standard InChI is InChI=1S/C11H18N2O/c14-11(13-8-4-5-9-13)10-12-6-2-1-3-7-12/h1-2H,3-10H2. The van der Waals surface area contributed by atoms with E-state index < -0.39 is 0 Å². The normalized spacial score (nSPS) is 23.0. The van der Waals surface area contributed by atoms with Gasteiger partial charge in [-0.1, -0.05) is 12.2 Å². The molecule has 2 rings (SSSR count). The first-order valence-electron chi connectivity index (χ1n) is 5.51. The van der Waals surface area contributed by atoms with Gasteiger partial charge in [0.15, 0.2) is 0 Å². The summed E-state index contributed by atoms with van der Waals surface area (Å²) in [5.41, 5.74) is 0. The Labute approximate surface area is 85.4 Å². The Morgan fingerprint density at radius 1 is 1.14 bits per heavy atom. The molecule has 3 heteroatoms. The third kappa shape index (κ3) is 2.35. The SMILES string of the molecule is O=C(CN1CC=CCC1)N1CCCC1. The molecule has 0 spiro atoms. The van der Waals surface area contributed by atoms with Gasteiger partial charge in [0.2, 0.25) is 5.91 Å². The van der Waals surface area contributed by atoms with Crippen molar-refractivity contribution in [1.82, 2.24) is 9.80 Å². The molecule has 0 aromatic rings. The van der Waals surface area contributed by atoms with Crippen molar-refractivity contribution in [2.24, 2.45) is 0 Å². The largest absolute Gasteiger partial charge is 0.342 e. The van der Waals surface area contributed by atoms with Gasteiger partial charge in [0.1, 0.15) is 0 Å². The molecule has 1 amide bonds. The first-order valence-corrected chi connectivity index (χ1v) is 5.51. The highest BCUT2D eigenvalue weighted by Crippen LogP contribution is 2.09. The maximum atomic E-state index is 11.8. The molecule has 14 heavy (non-hydrogen) atoms. The average molecular weight is 194 g/mol. The molecule has 0 saturated carbocycles. The minimum atomic E-state index is 0.317. The van der Waals surface area contributed by atoms with Crippen molar-refractivity contribution in [3.63, 3.8) is 0 Å². The van der Waals surface area contributed by atoms with Gasteiger partial charge >= 0.3 is 0 Å². The molecule has 0 radical (unpaired) electrons. The van der Waals surface area contributed by atoms with Crippen LogP contribution in [-0.4, -0.2) is 48.4 Å². The van der Waals surface area contributed by atoms with Crippen LogP contribution in [-0.2, 0) is 4.79 Å². The zero-order valence-corrected chi connectivity index (χ0v) is 8.61. The number of hydrogen-bond donors (Lipinski definition) is 0. The zero-order valence-electron chi connectivity index (χ0n) is 8.61. The highest BCUT2D eigenvalue weighted by Gasteiger charge is 2.20. The van der Waals surface area contributed by atoms with E-state index >= 15 is 0 Å². The quantitative estimate of drug-likeness (QED) is 0.609. The van der Waals surface area contributed by atoms with Gasteiger partial charge in [-0.15, -0.1) is 0 Å². The van der Waals surface area contributed by atoms with E-state index in [4.69, 9.17) is 0 Å². The minimum Gasteiger partial charge on any atom is -0.342 e. The van der Waals surface area contributed by atoms with Crippen LogP contribution in [0.5, 0.6) is 0 Å². The Balaban J connectivity index is 1.78. The number of nitrogens with zero attached hydrogens (tertiary/aromatic N) is 2. The van der Waals surface area contributed by atoms with Gasteiger partial charge in [0, 0.05) is 26.2 Å². The smallest absolute Gasteiger partial charge is 0.236 e. The molecule has 2 aliphatic heterocycles. The topological polar surface area (TPSA) is 23.6 Å². The van der Waals surface area contributed by atoms with Gasteiger partial charge in [0.05, 0.1) is 6.54 Å². The lowest BCUT2D eigenvalue weighted by Gasteiger charge is -2.25. The van der Waals surface area contributed by atoms with Crippen molar-refractivity contribution in [3.05, 3.63) is 12.2 Å². The fraction of sp³-hybridized carbons (Fsp3) is 0.727. The Hall–Kier alpha value is -0.830. The van der Waals surface area contributed by atoms with E-state index in [1.165, 1.54) is 12.8 Å². The summed E-state index contributed by atoms with van der Waals surface area (Å²) in [7, 11) is 0. The molecule has 2 aliphatic rings. The van der Waals surface area contributed by atoms with Crippen LogP contribution < -0.4 is 0 Å². The summed E-state index contributed by atoms with van der Waals surface area (Å²) >= 11 is 0. The van der Waals surface area contributed by atoms with Crippen molar-refractivity contribution in [2.45, 2.75) is 19.3 Å². The summed E-state index contributed by atoms with van der Waals surface area (Å²) in [6.07, 6.45) is 7.81. The van der Waals surface area contributed by atoms with Gasteiger partial charge in [-0.05, 0) is 19.3 Å². The molecule has 3 nitrogen and oxygen atoms in total. The lowest BCUT2D eigenvalue weighted by Crippen LogP contribution is -2.40. The van der Waals surface area contributed by atoms with Gasteiger partial charge in [-0.3, -0.25) is 9.69 Å². The molecule has 0 aromatic heterocycles.